The lowest BCUT2D eigenvalue weighted by molar-refractivity contribution is -0.139. The lowest BCUT2D eigenvalue weighted by Crippen LogP contribution is -2.05. The molecule has 0 atom stereocenters. The van der Waals surface area contributed by atoms with Gasteiger partial charge in [-0.15, -0.1) is 0 Å². The maximum atomic E-state index is 11.1. The molecule has 1 aromatic carbocycles. The van der Waals surface area contributed by atoms with Crippen LogP contribution in [0.15, 0.2) is 22.7 Å². The smallest absolute Gasteiger partial charge is 0.309 e. The second-order valence-corrected chi connectivity index (χ2v) is 5.13. The van der Waals surface area contributed by atoms with Crippen LogP contribution in [0.3, 0.4) is 0 Å². The van der Waals surface area contributed by atoms with E-state index in [9.17, 15) is 4.79 Å². The van der Waals surface area contributed by atoms with E-state index < -0.39 is 0 Å². The molecule has 88 valence electrons. The van der Waals surface area contributed by atoms with Crippen molar-refractivity contribution >= 4 is 21.9 Å². The number of esters is 1. The Bertz CT molecular complexity index is 372. The van der Waals surface area contributed by atoms with Crippen molar-refractivity contribution in [2.24, 2.45) is 5.92 Å². The predicted molar refractivity (Wildman–Crippen MR) is 68.4 cm³/mol. The molecule has 0 aliphatic heterocycles. The molecule has 0 N–H and O–H groups in total. The summed E-state index contributed by atoms with van der Waals surface area (Å²) in [5, 5.41) is 0. The van der Waals surface area contributed by atoms with Gasteiger partial charge in [0.05, 0.1) is 13.5 Å². The van der Waals surface area contributed by atoms with Crippen LogP contribution in [0, 0.1) is 5.92 Å². The van der Waals surface area contributed by atoms with Gasteiger partial charge in [-0.3, -0.25) is 4.79 Å². The number of methoxy groups -OCH3 is 1. The molecular weight excluding hydrogens is 268 g/mol. The molecule has 0 aliphatic rings. The van der Waals surface area contributed by atoms with Gasteiger partial charge in [0.15, 0.2) is 0 Å². The number of halogens is 1. The highest BCUT2D eigenvalue weighted by Gasteiger charge is 2.07. The monoisotopic (exact) mass is 284 g/mol. The lowest BCUT2D eigenvalue weighted by Gasteiger charge is -2.09. The van der Waals surface area contributed by atoms with E-state index >= 15 is 0 Å². The molecule has 2 nitrogen and oxygen atoms in total. The van der Waals surface area contributed by atoms with Gasteiger partial charge in [-0.2, -0.15) is 0 Å². The van der Waals surface area contributed by atoms with Crippen molar-refractivity contribution in [2.75, 3.05) is 7.11 Å². The maximum absolute atomic E-state index is 11.1. The van der Waals surface area contributed by atoms with Gasteiger partial charge in [-0.25, -0.2) is 0 Å². The number of benzene rings is 1. The van der Waals surface area contributed by atoms with Crippen molar-refractivity contribution in [3.8, 4) is 0 Å². The largest absolute Gasteiger partial charge is 0.469 e. The molecular formula is C13H17BrO2. The van der Waals surface area contributed by atoms with Gasteiger partial charge in [0.2, 0.25) is 0 Å². The summed E-state index contributed by atoms with van der Waals surface area (Å²) in [6.45, 7) is 4.38. The highest BCUT2D eigenvalue weighted by molar-refractivity contribution is 9.10. The molecule has 0 fully saturated rings. The van der Waals surface area contributed by atoms with Crippen molar-refractivity contribution in [3.63, 3.8) is 0 Å². The first-order chi connectivity index (χ1) is 7.52. The van der Waals surface area contributed by atoms with E-state index in [0.29, 0.717) is 12.3 Å². The van der Waals surface area contributed by atoms with Crippen molar-refractivity contribution in [3.05, 3.63) is 33.8 Å². The number of hydrogen-bond donors (Lipinski definition) is 0. The van der Waals surface area contributed by atoms with Crippen molar-refractivity contribution in [2.45, 2.75) is 26.7 Å². The van der Waals surface area contributed by atoms with Gasteiger partial charge in [-0.05, 0) is 29.5 Å². The highest BCUT2D eigenvalue weighted by Crippen LogP contribution is 2.21. The molecule has 0 aliphatic carbocycles. The first kappa shape index (κ1) is 13.2. The number of carbonyl (C=O) groups excluding carboxylic acids is 1. The topological polar surface area (TPSA) is 26.3 Å². The number of ether oxygens (including phenoxy) is 1. The average molecular weight is 285 g/mol. The van der Waals surface area contributed by atoms with E-state index in [1.807, 2.05) is 12.1 Å². The Morgan fingerprint density at radius 3 is 2.62 bits per heavy atom. The molecule has 0 unspecified atom stereocenters. The molecule has 0 saturated carbocycles. The van der Waals surface area contributed by atoms with E-state index in [1.165, 1.54) is 12.7 Å². The van der Waals surface area contributed by atoms with Crippen LogP contribution in [-0.2, 0) is 22.4 Å². The summed E-state index contributed by atoms with van der Waals surface area (Å²) in [6, 6.07) is 6.05. The van der Waals surface area contributed by atoms with Crippen LogP contribution >= 0.6 is 15.9 Å². The SMILES string of the molecule is COC(=O)Cc1ccc(CC(C)C)c(Br)c1. The lowest BCUT2D eigenvalue weighted by atomic mass is 10.0. The number of carbonyl (C=O) groups is 1. The highest BCUT2D eigenvalue weighted by atomic mass is 79.9. The summed E-state index contributed by atoms with van der Waals surface area (Å²) < 4.78 is 5.71. The minimum atomic E-state index is -0.205. The molecule has 1 rings (SSSR count). The van der Waals surface area contributed by atoms with Gasteiger partial charge in [0.1, 0.15) is 0 Å². The summed E-state index contributed by atoms with van der Waals surface area (Å²) in [6.07, 6.45) is 1.37. The van der Waals surface area contributed by atoms with Gasteiger partial charge in [0, 0.05) is 4.47 Å². The van der Waals surface area contributed by atoms with E-state index in [4.69, 9.17) is 0 Å². The van der Waals surface area contributed by atoms with Crippen molar-refractivity contribution in [1.29, 1.82) is 0 Å². The molecule has 0 saturated heterocycles. The summed E-state index contributed by atoms with van der Waals surface area (Å²) >= 11 is 3.54. The Balaban J connectivity index is 2.78. The average Bonchev–Trinajstić information content (AvgIpc) is 2.21. The van der Waals surface area contributed by atoms with Gasteiger partial charge in [0.25, 0.3) is 0 Å². The Hall–Kier alpha value is -0.830. The molecule has 3 heteroatoms. The molecule has 0 radical (unpaired) electrons. The fraction of sp³-hybridized carbons (Fsp3) is 0.462. The Labute approximate surface area is 105 Å². The third-order valence-electron chi connectivity index (χ3n) is 2.32. The fourth-order valence-electron chi connectivity index (χ4n) is 1.54. The van der Waals surface area contributed by atoms with Crippen LogP contribution in [0.5, 0.6) is 0 Å². The molecule has 0 aromatic heterocycles. The summed E-state index contributed by atoms with van der Waals surface area (Å²) in [4.78, 5) is 11.1. The fourth-order valence-corrected chi connectivity index (χ4v) is 2.13. The summed E-state index contributed by atoms with van der Waals surface area (Å²) in [7, 11) is 1.41. The molecule has 0 spiro atoms. The van der Waals surface area contributed by atoms with Crippen LogP contribution in [0.4, 0.5) is 0 Å². The van der Waals surface area contributed by atoms with Crippen LogP contribution in [0.25, 0.3) is 0 Å². The van der Waals surface area contributed by atoms with Gasteiger partial charge in [-0.1, -0.05) is 41.9 Å². The third kappa shape index (κ3) is 3.97. The van der Waals surface area contributed by atoms with E-state index in [1.54, 1.807) is 0 Å². The van der Waals surface area contributed by atoms with Crippen molar-refractivity contribution < 1.29 is 9.53 Å². The second kappa shape index (κ2) is 6.04. The quantitative estimate of drug-likeness (QED) is 0.793. The van der Waals surface area contributed by atoms with E-state index in [2.05, 4.69) is 40.6 Å². The van der Waals surface area contributed by atoms with Crippen molar-refractivity contribution in [1.82, 2.24) is 0 Å². The number of rotatable bonds is 4. The predicted octanol–water partition coefficient (Wildman–Crippen LogP) is 3.36. The first-order valence-electron chi connectivity index (χ1n) is 5.37. The number of hydrogen-bond acceptors (Lipinski definition) is 2. The zero-order valence-corrected chi connectivity index (χ0v) is 11.5. The first-order valence-corrected chi connectivity index (χ1v) is 6.16. The van der Waals surface area contributed by atoms with Crippen LogP contribution in [0.2, 0.25) is 0 Å². The van der Waals surface area contributed by atoms with E-state index in [-0.39, 0.29) is 5.97 Å². The second-order valence-electron chi connectivity index (χ2n) is 4.28. The Morgan fingerprint density at radius 2 is 2.12 bits per heavy atom. The maximum Gasteiger partial charge on any atom is 0.309 e. The molecule has 0 bridgehead atoms. The molecule has 0 amide bonds. The van der Waals surface area contributed by atoms with Gasteiger partial charge < -0.3 is 4.74 Å². The molecule has 1 aromatic rings. The van der Waals surface area contributed by atoms with Crippen LogP contribution < -0.4 is 0 Å². The van der Waals surface area contributed by atoms with E-state index in [0.717, 1.165) is 16.5 Å². The Kier molecular flexibility index (Phi) is 5.00. The van der Waals surface area contributed by atoms with Crippen LogP contribution in [0.1, 0.15) is 25.0 Å². The molecule has 0 heterocycles. The summed E-state index contributed by atoms with van der Waals surface area (Å²) in [5.74, 6) is 0.422. The zero-order chi connectivity index (χ0) is 12.1. The zero-order valence-electron chi connectivity index (χ0n) is 9.92. The summed E-state index contributed by atoms with van der Waals surface area (Å²) in [5.41, 5.74) is 2.26. The minimum absolute atomic E-state index is 0.205. The molecule has 16 heavy (non-hydrogen) atoms. The normalized spacial score (nSPS) is 10.6. The standard InChI is InChI=1S/C13H17BrO2/c1-9(2)6-11-5-4-10(7-12(11)14)8-13(15)16-3/h4-5,7,9H,6,8H2,1-3H3. The third-order valence-corrected chi connectivity index (χ3v) is 3.06. The van der Waals surface area contributed by atoms with Gasteiger partial charge >= 0.3 is 5.97 Å². The Morgan fingerprint density at radius 1 is 1.44 bits per heavy atom. The minimum Gasteiger partial charge on any atom is -0.469 e. The van der Waals surface area contributed by atoms with Crippen LogP contribution in [-0.4, -0.2) is 13.1 Å².